The van der Waals surface area contributed by atoms with Gasteiger partial charge in [0.2, 0.25) is 0 Å². The minimum absolute atomic E-state index is 0.703. The molecule has 0 spiro atoms. The van der Waals surface area contributed by atoms with Crippen molar-refractivity contribution in [3.63, 3.8) is 0 Å². The maximum Gasteiger partial charge on any atom is 0.0403 e. The zero-order chi connectivity index (χ0) is 10.6. The maximum absolute atomic E-state index is 7.14. The third kappa shape index (κ3) is 2.34. The van der Waals surface area contributed by atoms with Gasteiger partial charge in [0.15, 0.2) is 0 Å². The number of nitrogen functional groups attached to an aromatic ring is 1. The van der Waals surface area contributed by atoms with Gasteiger partial charge in [-0.3, -0.25) is 0 Å². The minimum atomic E-state index is 0.703. The molecule has 0 unspecified atom stereocenters. The fraction of sp³-hybridized carbons (Fsp3) is 0.417. The normalized spacial score (nSPS) is 14.1. The van der Waals surface area contributed by atoms with E-state index in [0.717, 1.165) is 11.5 Å². The van der Waals surface area contributed by atoms with Crippen molar-refractivity contribution in [2.75, 3.05) is 5.73 Å². The first-order chi connectivity index (χ1) is 6.81. The highest BCUT2D eigenvalue weighted by molar-refractivity contribution is 5.85. The van der Waals surface area contributed by atoms with E-state index in [9.17, 15) is 0 Å². The van der Waals surface area contributed by atoms with Crippen LogP contribution in [0.1, 0.15) is 43.7 Å². The predicted molar refractivity (Wildman–Crippen MR) is 62.1 cm³/mol. The van der Waals surface area contributed by atoms with Crippen LogP contribution in [0.5, 0.6) is 0 Å². The zero-order valence-electron chi connectivity index (χ0n) is 8.88. The molecule has 1 aliphatic rings. The van der Waals surface area contributed by atoms with Crippen LogP contribution in [0.2, 0.25) is 0 Å². The monoisotopic (exact) mass is 190 g/mol. The molecule has 1 aromatic carbocycles. The first-order valence-electron chi connectivity index (χ1n) is 5.21. The van der Waals surface area contributed by atoms with Crippen molar-refractivity contribution in [1.29, 1.82) is 5.41 Å². The van der Waals surface area contributed by atoms with E-state index in [1.54, 1.807) is 0 Å². The van der Waals surface area contributed by atoms with Crippen molar-refractivity contribution in [2.24, 2.45) is 0 Å². The Morgan fingerprint density at radius 3 is 2.50 bits per heavy atom. The summed E-state index contributed by atoms with van der Waals surface area (Å²) in [6.07, 6.45) is 3.91. The molecule has 1 aromatic rings. The van der Waals surface area contributed by atoms with Crippen LogP contribution in [0.4, 0.5) is 5.69 Å². The van der Waals surface area contributed by atoms with E-state index in [1.807, 2.05) is 26.0 Å². The number of anilines is 1. The number of benzene rings is 1. The fourth-order valence-corrected chi connectivity index (χ4v) is 1.39. The van der Waals surface area contributed by atoms with Crippen LogP contribution in [-0.2, 0) is 0 Å². The molecule has 0 radical (unpaired) electrons. The van der Waals surface area contributed by atoms with Gasteiger partial charge in [0.25, 0.3) is 0 Å². The van der Waals surface area contributed by atoms with Crippen LogP contribution in [-0.4, -0.2) is 6.21 Å². The Morgan fingerprint density at radius 1 is 1.36 bits per heavy atom. The van der Waals surface area contributed by atoms with E-state index in [-0.39, 0.29) is 0 Å². The second-order valence-corrected chi connectivity index (χ2v) is 3.31. The average Bonchev–Trinajstić information content (AvgIpc) is 3.05. The molecular weight excluding hydrogens is 172 g/mol. The van der Waals surface area contributed by atoms with Crippen LogP contribution in [0.3, 0.4) is 0 Å². The van der Waals surface area contributed by atoms with Crippen molar-refractivity contribution < 1.29 is 0 Å². The number of nitrogens with one attached hydrogen (secondary N) is 1. The van der Waals surface area contributed by atoms with Crippen LogP contribution in [0.25, 0.3) is 0 Å². The third-order valence-corrected chi connectivity index (χ3v) is 2.32. The molecule has 14 heavy (non-hydrogen) atoms. The van der Waals surface area contributed by atoms with Gasteiger partial charge in [0, 0.05) is 17.5 Å². The van der Waals surface area contributed by atoms with Gasteiger partial charge in [0.05, 0.1) is 0 Å². The summed E-state index contributed by atoms with van der Waals surface area (Å²) in [6.45, 7) is 4.00. The molecule has 1 saturated carbocycles. The highest BCUT2D eigenvalue weighted by atomic mass is 14.6. The van der Waals surface area contributed by atoms with Crippen molar-refractivity contribution in [1.82, 2.24) is 0 Å². The summed E-state index contributed by atoms with van der Waals surface area (Å²) in [6, 6.07) is 5.99. The van der Waals surface area contributed by atoms with E-state index >= 15 is 0 Å². The lowest BCUT2D eigenvalue weighted by Gasteiger charge is -2.02. The summed E-state index contributed by atoms with van der Waals surface area (Å²) in [5.74, 6) is 0.740. The van der Waals surface area contributed by atoms with Gasteiger partial charge in [-0.25, -0.2) is 0 Å². The third-order valence-electron chi connectivity index (χ3n) is 2.32. The second-order valence-electron chi connectivity index (χ2n) is 3.31. The predicted octanol–water partition coefficient (Wildman–Crippen LogP) is 3.17. The molecular formula is C12H18N2. The summed E-state index contributed by atoms with van der Waals surface area (Å²) in [4.78, 5) is 0. The summed E-state index contributed by atoms with van der Waals surface area (Å²) < 4.78 is 0. The van der Waals surface area contributed by atoms with Crippen molar-refractivity contribution >= 4 is 11.9 Å². The van der Waals surface area contributed by atoms with Crippen molar-refractivity contribution in [3.8, 4) is 0 Å². The average molecular weight is 190 g/mol. The fourth-order valence-electron chi connectivity index (χ4n) is 1.39. The molecule has 3 N–H and O–H groups in total. The SMILES string of the molecule is CC.N=Cc1cc(C2CC2)ccc1N. The number of rotatable bonds is 2. The van der Waals surface area contributed by atoms with Crippen LogP contribution in [0.15, 0.2) is 18.2 Å². The van der Waals surface area contributed by atoms with Crippen LogP contribution in [0, 0.1) is 5.41 Å². The summed E-state index contributed by atoms with van der Waals surface area (Å²) in [7, 11) is 0. The molecule has 0 aromatic heterocycles. The van der Waals surface area contributed by atoms with Crippen LogP contribution >= 0.6 is 0 Å². The molecule has 0 bridgehead atoms. The molecule has 0 aliphatic heterocycles. The molecule has 2 nitrogen and oxygen atoms in total. The largest absolute Gasteiger partial charge is 0.398 e. The molecule has 0 heterocycles. The lowest BCUT2D eigenvalue weighted by atomic mass is 10.1. The molecule has 2 rings (SSSR count). The topological polar surface area (TPSA) is 49.9 Å². The molecule has 0 saturated heterocycles. The van der Waals surface area contributed by atoms with Gasteiger partial charge in [-0.15, -0.1) is 0 Å². The summed E-state index contributed by atoms with van der Waals surface area (Å²) in [5, 5.41) is 7.14. The lowest BCUT2D eigenvalue weighted by Crippen LogP contribution is -1.93. The van der Waals surface area contributed by atoms with E-state index in [1.165, 1.54) is 24.6 Å². The van der Waals surface area contributed by atoms with Gasteiger partial charge in [-0.05, 0) is 36.5 Å². The Morgan fingerprint density at radius 2 is 2.00 bits per heavy atom. The molecule has 0 amide bonds. The molecule has 76 valence electrons. The Hall–Kier alpha value is -1.31. The van der Waals surface area contributed by atoms with Gasteiger partial charge in [-0.2, -0.15) is 0 Å². The molecule has 1 aliphatic carbocycles. The van der Waals surface area contributed by atoms with Gasteiger partial charge in [-0.1, -0.05) is 19.9 Å². The highest BCUT2D eigenvalue weighted by Crippen LogP contribution is 2.40. The zero-order valence-corrected chi connectivity index (χ0v) is 8.88. The minimum Gasteiger partial charge on any atom is -0.398 e. The van der Waals surface area contributed by atoms with Gasteiger partial charge >= 0.3 is 0 Å². The van der Waals surface area contributed by atoms with E-state index < -0.39 is 0 Å². The van der Waals surface area contributed by atoms with Crippen LogP contribution < -0.4 is 5.73 Å². The summed E-state index contributed by atoms with van der Waals surface area (Å²) in [5.41, 5.74) is 8.55. The van der Waals surface area contributed by atoms with Gasteiger partial charge in [0.1, 0.15) is 0 Å². The maximum atomic E-state index is 7.14. The van der Waals surface area contributed by atoms with E-state index in [4.69, 9.17) is 11.1 Å². The standard InChI is InChI=1S/C10H12N2.C2H6/c11-6-9-5-8(7-1-2-7)3-4-10(9)12;1-2/h3-7,11H,1-2,12H2;1-2H3. The Balaban J connectivity index is 0.000000461. The van der Waals surface area contributed by atoms with Gasteiger partial charge < -0.3 is 11.1 Å². The number of hydrogen-bond acceptors (Lipinski definition) is 2. The van der Waals surface area contributed by atoms with Crippen molar-refractivity contribution in [3.05, 3.63) is 29.3 Å². The second kappa shape index (κ2) is 4.80. The Bertz CT molecular complexity index is 314. The van der Waals surface area contributed by atoms with Crippen molar-refractivity contribution in [2.45, 2.75) is 32.6 Å². The first kappa shape index (κ1) is 10.8. The van der Waals surface area contributed by atoms with E-state index in [0.29, 0.717) is 5.69 Å². The Kier molecular flexibility index (Phi) is 3.69. The summed E-state index contributed by atoms with van der Waals surface area (Å²) >= 11 is 0. The number of hydrogen-bond donors (Lipinski definition) is 2. The highest BCUT2D eigenvalue weighted by Gasteiger charge is 2.23. The smallest absolute Gasteiger partial charge is 0.0403 e. The number of nitrogens with two attached hydrogens (primary N) is 1. The molecule has 1 fully saturated rings. The lowest BCUT2D eigenvalue weighted by molar-refractivity contribution is 1.13. The first-order valence-corrected chi connectivity index (χ1v) is 5.21. The molecule has 2 heteroatoms. The molecule has 0 atom stereocenters. The van der Waals surface area contributed by atoms with E-state index in [2.05, 4.69) is 6.07 Å². The quantitative estimate of drug-likeness (QED) is 0.546. The Labute approximate surface area is 85.6 Å².